The average molecular weight is 431 g/mol. The van der Waals surface area contributed by atoms with E-state index >= 15 is 0 Å². The molecule has 8 heteroatoms. The van der Waals surface area contributed by atoms with E-state index in [2.05, 4.69) is 5.32 Å². The molecule has 30 heavy (non-hydrogen) atoms. The number of aryl methyl sites for hydroxylation is 1. The number of nitrogens with zero attached hydrogens (tertiary/aromatic N) is 1. The lowest BCUT2D eigenvalue weighted by atomic mass is 9.80. The molecular weight excluding hydrogens is 404 g/mol. The van der Waals surface area contributed by atoms with E-state index in [1.807, 2.05) is 32.0 Å². The summed E-state index contributed by atoms with van der Waals surface area (Å²) in [5.74, 6) is 1.33. The molecule has 2 aromatic rings. The van der Waals surface area contributed by atoms with Gasteiger partial charge in [-0.1, -0.05) is 30.7 Å². The molecule has 1 amide bonds. The number of hydrogen-bond acceptors (Lipinski definition) is 5. The predicted molar refractivity (Wildman–Crippen MR) is 112 cm³/mol. The molecule has 2 heterocycles. The highest BCUT2D eigenvalue weighted by Gasteiger charge is 2.40. The van der Waals surface area contributed by atoms with E-state index in [1.165, 1.54) is 4.31 Å². The van der Waals surface area contributed by atoms with E-state index in [4.69, 9.17) is 9.47 Å². The number of hydrogen-bond donors (Lipinski definition) is 1. The van der Waals surface area contributed by atoms with Crippen LogP contribution in [0.4, 0.5) is 0 Å². The lowest BCUT2D eigenvalue weighted by Crippen LogP contribution is -2.48. The predicted octanol–water partition coefficient (Wildman–Crippen LogP) is 2.83. The number of carbonyl (C=O) groups excluding carboxylic acids is 1. The largest absolute Gasteiger partial charge is 0.454 e. The normalized spacial score (nSPS) is 18.2. The Hall–Kier alpha value is -2.58. The van der Waals surface area contributed by atoms with Crippen molar-refractivity contribution in [1.29, 1.82) is 0 Å². The third-order valence-corrected chi connectivity index (χ3v) is 7.84. The summed E-state index contributed by atoms with van der Waals surface area (Å²) in [5, 5.41) is 2.99. The molecule has 2 aromatic carbocycles. The second-order valence-corrected chi connectivity index (χ2v) is 10.1. The van der Waals surface area contributed by atoms with Crippen LogP contribution in [-0.4, -0.2) is 38.5 Å². The number of piperidine rings is 1. The molecular formula is C22H26N2O5S. The maximum absolute atomic E-state index is 12.9. The Balaban J connectivity index is 1.36. The van der Waals surface area contributed by atoms with Crippen LogP contribution < -0.4 is 14.8 Å². The lowest BCUT2D eigenvalue weighted by Gasteiger charge is -2.37. The zero-order chi connectivity index (χ0) is 21.4. The fourth-order valence-electron chi connectivity index (χ4n) is 3.75. The summed E-state index contributed by atoms with van der Waals surface area (Å²) in [5.41, 5.74) is 1.34. The van der Waals surface area contributed by atoms with Gasteiger partial charge in [0.2, 0.25) is 22.7 Å². The molecule has 1 saturated heterocycles. The number of rotatable bonds is 5. The Morgan fingerprint density at radius 2 is 1.73 bits per heavy atom. The van der Waals surface area contributed by atoms with Crippen LogP contribution in [0.25, 0.3) is 0 Å². The van der Waals surface area contributed by atoms with Crippen LogP contribution >= 0.6 is 0 Å². The van der Waals surface area contributed by atoms with Gasteiger partial charge < -0.3 is 14.8 Å². The topological polar surface area (TPSA) is 84.9 Å². The van der Waals surface area contributed by atoms with Gasteiger partial charge in [-0.05, 0) is 49.6 Å². The number of sulfonamides is 1. The van der Waals surface area contributed by atoms with Crippen molar-refractivity contribution in [1.82, 2.24) is 9.62 Å². The molecule has 0 radical (unpaired) electrons. The third-order valence-electron chi connectivity index (χ3n) is 5.92. The number of fused-ring (bicyclic) bond motifs is 1. The Bertz CT molecular complexity index is 1040. The Labute approximate surface area is 177 Å². The molecule has 7 nitrogen and oxygen atoms in total. The van der Waals surface area contributed by atoms with Gasteiger partial charge in [-0.15, -0.1) is 0 Å². The summed E-state index contributed by atoms with van der Waals surface area (Å²) in [7, 11) is -3.54. The van der Waals surface area contributed by atoms with Crippen molar-refractivity contribution >= 4 is 15.9 Å². The van der Waals surface area contributed by atoms with Gasteiger partial charge in [-0.2, -0.15) is 4.31 Å². The number of benzene rings is 2. The van der Waals surface area contributed by atoms with E-state index in [1.54, 1.807) is 24.3 Å². The van der Waals surface area contributed by atoms with Crippen molar-refractivity contribution in [2.45, 2.75) is 38.1 Å². The first-order valence-corrected chi connectivity index (χ1v) is 11.5. The second kappa shape index (κ2) is 7.92. The van der Waals surface area contributed by atoms with Crippen molar-refractivity contribution in [3.8, 4) is 11.5 Å². The SMILES string of the molecule is Cc1ccc(S(=O)(=O)N2CCC(C)(C(=O)NCc3ccc4c(c3)OCO4)CC2)cc1. The first-order valence-electron chi connectivity index (χ1n) is 10.0. The van der Waals surface area contributed by atoms with E-state index in [9.17, 15) is 13.2 Å². The molecule has 0 atom stereocenters. The standard InChI is InChI=1S/C22H26N2O5S/c1-16-3-6-18(7-4-16)30(26,27)24-11-9-22(2,10-12-24)21(25)23-14-17-5-8-19-20(13-17)29-15-28-19/h3-8,13H,9-12,14-15H2,1-2H3,(H,23,25). The minimum absolute atomic E-state index is 0.0625. The van der Waals surface area contributed by atoms with E-state index < -0.39 is 15.4 Å². The highest BCUT2D eigenvalue weighted by atomic mass is 32.2. The molecule has 0 spiro atoms. The summed E-state index contributed by atoms with van der Waals surface area (Å²) in [6.07, 6.45) is 0.954. The zero-order valence-corrected chi connectivity index (χ0v) is 18.0. The lowest BCUT2D eigenvalue weighted by molar-refractivity contribution is -0.132. The van der Waals surface area contributed by atoms with Crippen molar-refractivity contribution in [2.75, 3.05) is 19.9 Å². The molecule has 0 aliphatic carbocycles. The minimum atomic E-state index is -3.54. The summed E-state index contributed by atoms with van der Waals surface area (Å²) in [4.78, 5) is 13.2. The van der Waals surface area contributed by atoms with Gasteiger partial charge in [-0.25, -0.2) is 8.42 Å². The first kappa shape index (κ1) is 20.7. The molecule has 2 aliphatic heterocycles. The summed E-state index contributed by atoms with van der Waals surface area (Å²) >= 11 is 0. The molecule has 160 valence electrons. The maximum atomic E-state index is 12.9. The molecule has 2 aliphatic rings. The Morgan fingerprint density at radius 3 is 2.43 bits per heavy atom. The number of ether oxygens (including phenoxy) is 2. The van der Waals surface area contributed by atoms with Crippen LogP contribution in [0.2, 0.25) is 0 Å². The average Bonchev–Trinajstić information content (AvgIpc) is 3.20. The van der Waals surface area contributed by atoms with E-state index in [-0.39, 0.29) is 12.7 Å². The summed E-state index contributed by atoms with van der Waals surface area (Å²) < 4.78 is 37.9. The van der Waals surface area contributed by atoms with Crippen molar-refractivity contribution in [3.63, 3.8) is 0 Å². The summed E-state index contributed by atoms with van der Waals surface area (Å²) in [6, 6.07) is 12.5. The fourth-order valence-corrected chi connectivity index (χ4v) is 5.19. The monoisotopic (exact) mass is 430 g/mol. The molecule has 0 aromatic heterocycles. The molecule has 1 fully saturated rings. The van der Waals surface area contributed by atoms with Crippen LogP contribution in [0, 0.1) is 12.3 Å². The van der Waals surface area contributed by atoms with Crippen molar-refractivity contribution in [2.24, 2.45) is 5.41 Å². The zero-order valence-electron chi connectivity index (χ0n) is 17.2. The van der Waals surface area contributed by atoms with Crippen LogP contribution in [-0.2, 0) is 21.4 Å². The van der Waals surface area contributed by atoms with Gasteiger partial charge in [0.15, 0.2) is 11.5 Å². The Morgan fingerprint density at radius 1 is 1.07 bits per heavy atom. The molecule has 4 rings (SSSR count). The van der Waals surface area contributed by atoms with Gasteiger partial charge in [0.25, 0.3) is 0 Å². The molecule has 1 N–H and O–H groups in total. The number of nitrogens with one attached hydrogen (secondary N) is 1. The van der Waals surface area contributed by atoms with Crippen LogP contribution in [0.3, 0.4) is 0 Å². The third kappa shape index (κ3) is 4.02. The number of amides is 1. The van der Waals surface area contributed by atoms with E-state index in [0.717, 1.165) is 11.1 Å². The van der Waals surface area contributed by atoms with Gasteiger partial charge in [0.1, 0.15) is 0 Å². The van der Waals surface area contributed by atoms with Gasteiger partial charge in [0, 0.05) is 25.0 Å². The van der Waals surface area contributed by atoms with Crippen LogP contribution in [0.1, 0.15) is 30.9 Å². The molecule has 0 saturated carbocycles. The van der Waals surface area contributed by atoms with Gasteiger partial charge in [0.05, 0.1) is 4.90 Å². The first-order chi connectivity index (χ1) is 14.3. The molecule has 0 unspecified atom stereocenters. The fraction of sp³-hybridized carbons (Fsp3) is 0.409. The highest BCUT2D eigenvalue weighted by molar-refractivity contribution is 7.89. The minimum Gasteiger partial charge on any atom is -0.454 e. The van der Waals surface area contributed by atoms with E-state index in [0.29, 0.717) is 48.9 Å². The second-order valence-electron chi connectivity index (χ2n) is 8.15. The summed E-state index contributed by atoms with van der Waals surface area (Å²) in [6.45, 7) is 5.07. The number of carbonyl (C=O) groups is 1. The smallest absolute Gasteiger partial charge is 0.243 e. The van der Waals surface area contributed by atoms with Crippen LogP contribution in [0.5, 0.6) is 11.5 Å². The van der Waals surface area contributed by atoms with Crippen molar-refractivity contribution in [3.05, 3.63) is 53.6 Å². The highest BCUT2D eigenvalue weighted by Crippen LogP contribution is 2.35. The van der Waals surface area contributed by atoms with Crippen LogP contribution in [0.15, 0.2) is 47.4 Å². The maximum Gasteiger partial charge on any atom is 0.243 e. The van der Waals surface area contributed by atoms with Crippen molar-refractivity contribution < 1.29 is 22.7 Å². The Kier molecular flexibility index (Phi) is 5.46. The molecule has 0 bridgehead atoms. The quantitative estimate of drug-likeness (QED) is 0.789. The van der Waals surface area contributed by atoms with Gasteiger partial charge >= 0.3 is 0 Å². The van der Waals surface area contributed by atoms with Gasteiger partial charge in [-0.3, -0.25) is 4.79 Å².